The number of imidazole rings is 1. The van der Waals surface area contributed by atoms with Crippen molar-refractivity contribution in [3.8, 4) is 0 Å². The predicted octanol–water partition coefficient (Wildman–Crippen LogP) is 3.92. The van der Waals surface area contributed by atoms with Crippen molar-refractivity contribution in [2.45, 2.75) is 39.0 Å². The van der Waals surface area contributed by atoms with Gasteiger partial charge in [-0.1, -0.05) is 23.3 Å². The van der Waals surface area contributed by atoms with E-state index in [0.717, 1.165) is 17.8 Å². The molecule has 4 nitrogen and oxygen atoms in total. The first-order chi connectivity index (χ1) is 10.6. The van der Waals surface area contributed by atoms with Crippen LogP contribution in [0.15, 0.2) is 30.0 Å². The second-order valence-corrected chi connectivity index (χ2v) is 6.17. The molecule has 2 aromatic rings. The molecule has 0 atom stereocenters. The quantitative estimate of drug-likeness (QED) is 0.869. The number of nitrogens with one attached hydrogen (secondary N) is 1. The van der Waals surface area contributed by atoms with E-state index in [-0.39, 0.29) is 5.91 Å². The molecule has 0 aromatic carbocycles. The second kappa shape index (κ2) is 6.53. The monoisotopic (exact) mass is 317 g/mol. The van der Waals surface area contributed by atoms with Crippen molar-refractivity contribution >= 4 is 23.2 Å². The van der Waals surface area contributed by atoms with Gasteiger partial charge in [-0.15, -0.1) is 0 Å². The Bertz CT molecular complexity index is 733. The summed E-state index contributed by atoms with van der Waals surface area (Å²) in [6, 6.07) is 3.60. The first-order valence-electron chi connectivity index (χ1n) is 7.75. The Morgan fingerprint density at radius 2 is 2.27 bits per heavy atom. The normalized spacial score (nSPS) is 14.9. The van der Waals surface area contributed by atoms with Crippen molar-refractivity contribution in [3.05, 3.63) is 46.4 Å². The van der Waals surface area contributed by atoms with Gasteiger partial charge in [0.05, 0.1) is 10.7 Å². The van der Waals surface area contributed by atoms with E-state index in [1.54, 1.807) is 16.7 Å². The highest BCUT2D eigenvalue weighted by Crippen LogP contribution is 2.20. The summed E-state index contributed by atoms with van der Waals surface area (Å²) in [5, 5.41) is 3.59. The van der Waals surface area contributed by atoms with Crippen LogP contribution in [0, 0.1) is 6.92 Å². The number of pyridine rings is 1. The molecule has 2 heterocycles. The van der Waals surface area contributed by atoms with Gasteiger partial charge in [-0.05, 0) is 51.2 Å². The van der Waals surface area contributed by atoms with E-state index < -0.39 is 0 Å². The SMILES string of the molecule is Cc1nc2ccc(Cl)cn2c1C(=O)NCCC1=CCCCC1. The summed E-state index contributed by atoms with van der Waals surface area (Å²) in [5.41, 5.74) is 3.48. The van der Waals surface area contributed by atoms with Crippen LogP contribution >= 0.6 is 11.6 Å². The molecule has 22 heavy (non-hydrogen) atoms. The number of hydrogen-bond donors (Lipinski definition) is 1. The number of amides is 1. The average molecular weight is 318 g/mol. The van der Waals surface area contributed by atoms with E-state index in [2.05, 4.69) is 16.4 Å². The summed E-state index contributed by atoms with van der Waals surface area (Å²) >= 11 is 6.02. The van der Waals surface area contributed by atoms with Crippen LogP contribution in [0.5, 0.6) is 0 Å². The van der Waals surface area contributed by atoms with Gasteiger partial charge in [-0.25, -0.2) is 4.98 Å². The lowest BCUT2D eigenvalue weighted by atomic mass is 9.97. The second-order valence-electron chi connectivity index (χ2n) is 5.74. The van der Waals surface area contributed by atoms with E-state index in [1.165, 1.54) is 31.3 Å². The predicted molar refractivity (Wildman–Crippen MR) is 88.4 cm³/mol. The molecule has 0 saturated carbocycles. The average Bonchev–Trinajstić information content (AvgIpc) is 2.83. The maximum absolute atomic E-state index is 12.5. The van der Waals surface area contributed by atoms with Crippen LogP contribution in [0.3, 0.4) is 0 Å². The number of carbonyl (C=O) groups excluding carboxylic acids is 1. The molecule has 2 aromatic heterocycles. The highest BCUT2D eigenvalue weighted by molar-refractivity contribution is 6.30. The van der Waals surface area contributed by atoms with Gasteiger partial charge < -0.3 is 5.32 Å². The molecule has 1 aliphatic carbocycles. The van der Waals surface area contributed by atoms with Gasteiger partial charge in [-0.3, -0.25) is 9.20 Å². The maximum atomic E-state index is 12.5. The van der Waals surface area contributed by atoms with Crippen LogP contribution in [0.2, 0.25) is 5.02 Å². The first kappa shape index (κ1) is 15.1. The third-order valence-corrected chi connectivity index (χ3v) is 4.31. The maximum Gasteiger partial charge on any atom is 0.270 e. The molecule has 0 radical (unpaired) electrons. The third kappa shape index (κ3) is 3.17. The number of allylic oxidation sites excluding steroid dienone is 1. The van der Waals surface area contributed by atoms with E-state index >= 15 is 0 Å². The van der Waals surface area contributed by atoms with E-state index in [9.17, 15) is 4.79 Å². The first-order valence-corrected chi connectivity index (χ1v) is 8.13. The van der Waals surface area contributed by atoms with Gasteiger partial charge in [-0.2, -0.15) is 0 Å². The lowest BCUT2D eigenvalue weighted by Crippen LogP contribution is -2.26. The Labute approximate surface area is 135 Å². The van der Waals surface area contributed by atoms with Gasteiger partial charge in [0, 0.05) is 12.7 Å². The molecule has 0 spiro atoms. The molecule has 1 aliphatic rings. The van der Waals surface area contributed by atoms with Crippen LogP contribution < -0.4 is 5.32 Å². The van der Waals surface area contributed by atoms with Crippen molar-refractivity contribution in [1.82, 2.24) is 14.7 Å². The highest BCUT2D eigenvalue weighted by Gasteiger charge is 2.16. The Morgan fingerprint density at radius 3 is 3.05 bits per heavy atom. The van der Waals surface area contributed by atoms with Gasteiger partial charge >= 0.3 is 0 Å². The third-order valence-electron chi connectivity index (χ3n) is 4.09. The number of halogens is 1. The molecule has 0 saturated heterocycles. The lowest BCUT2D eigenvalue weighted by Gasteiger charge is -2.13. The minimum Gasteiger partial charge on any atom is -0.350 e. The molecule has 1 amide bonds. The number of hydrogen-bond acceptors (Lipinski definition) is 2. The molecule has 0 aliphatic heterocycles. The Hall–Kier alpha value is -1.81. The summed E-state index contributed by atoms with van der Waals surface area (Å²) in [6.07, 6.45) is 9.88. The smallest absolute Gasteiger partial charge is 0.270 e. The zero-order valence-electron chi connectivity index (χ0n) is 12.7. The number of fused-ring (bicyclic) bond motifs is 1. The highest BCUT2D eigenvalue weighted by atomic mass is 35.5. The minimum absolute atomic E-state index is 0.0938. The van der Waals surface area contributed by atoms with Crippen molar-refractivity contribution in [1.29, 1.82) is 0 Å². The molecule has 5 heteroatoms. The van der Waals surface area contributed by atoms with E-state index in [4.69, 9.17) is 11.6 Å². The number of carbonyl (C=O) groups is 1. The van der Waals surface area contributed by atoms with Crippen molar-refractivity contribution < 1.29 is 4.79 Å². The number of aromatic nitrogens is 2. The summed E-state index contributed by atoms with van der Waals surface area (Å²) in [5.74, 6) is -0.0938. The fourth-order valence-corrected chi connectivity index (χ4v) is 3.12. The summed E-state index contributed by atoms with van der Waals surface area (Å²) in [6.45, 7) is 2.51. The van der Waals surface area contributed by atoms with Crippen LogP contribution in [-0.4, -0.2) is 21.8 Å². The molecule has 0 unspecified atom stereocenters. The minimum atomic E-state index is -0.0938. The molecule has 116 valence electrons. The Morgan fingerprint density at radius 1 is 1.41 bits per heavy atom. The van der Waals surface area contributed by atoms with E-state index in [0.29, 0.717) is 17.3 Å². The van der Waals surface area contributed by atoms with Crippen LogP contribution in [-0.2, 0) is 0 Å². The fourth-order valence-electron chi connectivity index (χ4n) is 2.96. The zero-order valence-corrected chi connectivity index (χ0v) is 13.5. The van der Waals surface area contributed by atoms with Crippen LogP contribution in [0.25, 0.3) is 5.65 Å². The van der Waals surface area contributed by atoms with Crippen LogP contribution in [0.4, 0.5) is 0 Å². The van der Waals surface area contributed by atoms with Crippen molar-refractivity contribution in [2.24, 2.45) is 0 Å². The number of aryl methyl sites for hydroxylation is 1. The van der Waals surface area contributed by atoms with Crippen molar-refractivity contribution in [3.63, 3.8) is 0 Å². The van der Waals surface area contributed by atoms with Gasteiger partial charge in [0.2, 0.25) is 0 Å². The summed E-state index contributed by atoms with van der Waals surface area (Å²) in [4.78, 5) is 16.9. The molecular formula is C17H20ClN3O. The van der Waals surface area contributed by atoms with Crippen LogP contribution in [0.1, 0.15) is 48.3 Å². The molecule has 0 bridgehead atoms. The lowest BCUT2D eigenvalue weighted by molar-refractivity contribution is 0.0947. The molecule has 3 rings (SSSR count). The molecule has 0 fully saturated rings. The van der Waals surface area contributed by atoms with Crippen molar-refractivity contribution in [2.75, 3.05) is 6.54 Å². The van der Waals surface area contributed by atoms with Gasteiger partial charge in [0.25, 0.3) is 5.91 Å². The number of nitrogens with zero attached hydrogens (tertiary/aromatic N) is 2. The Kier molecular flexibility index (Phi) is 4.48. The standard InChI is InChI=1S/C17H20ClN3O/c1-12-16(21-11-14(18)7-8-15(21)20-12)17(22)19-10-9-13-5-3-2-4-6-13/h5,7-8,11H,2-4,6,9-10H2,1H3,(H,19,22). The van der Waals surface area contributed by atoms with E-state index in [1.807, 2.05) is 13.0 Å². The summed E-state index contributed by atoms with van der Waals surface area (Å²) in [7, 11) is 0. The Balaban J connectivity index is 1.70. The number of rotatable bonds is 4. The fraction of sp³-hybridized carbons (Fsp3) is 0.412. The topological polar surface area (TPSA) is 46.4 Å². The zero-order chi connectivity index (χ0) is 15.5. The summed E-state index contributed by atoms with van der Waals surface area (Å²) < 4.78 is 1.76. The van der Waals surface area contributed by atoms with Gasteiger partial charge in [0.1, 0.15) is 11.3 Å². The molecular weight excluding hydrogens is 298 g/mol. The molecule has 1 N–H and O–H groups in total. The van der Waals surface area contributed by atoms with Gasteiger partial charge in [0.15, 0.2) is 0 Å². The largest absolute Gasteiger partial charge is 0.350 e.